The Morgan fingerprint density at radius 1 is 1.19 bits per heavy atom. The maximum Gasteiger partial charge on any atom is 0.258 e. The summed E-state index contributed by atoms with van der Waals surface area (Å²) in [4.78, 5) is 15.1. The van der Waals surface area contributed by atoms with Crippen LogP contribution in [-0.2, 0) is 16.4 Å². The van der Waals surface area contributed by atoms with Crippen molar-refractivity contribution in [3.05, 3.63) is 52.6 Å². The van der Waals surface area contributed by atoms with Gasteiger partial charge in [-0.3, -0.25) is 4.79 Å². The minimum absolute atomic E-state index is 0.167. The molecule has 0 radical (unpaired) electrons. The van der Waals surface area contributed by atoms with Crippen LogP contribution in [0.4, 0.5) is 11.4 Å². The van der Waals surface area contributed by atoms with Crippen molar-refractivity contribution in [1.29, 1.82) is 0 Å². The number of aryl methyl sites for hydroxylation is 1. The lowest BCUT2D eigenvalue weighted by molar-refractivity contribution is 0.0985. The highest BCUT2D eigenvalue weighted by molar-refractivity contribution is 7.89. The topological polar surface area (TPSA) is 83.7 Å². The summed E-state index contributed by atoms with van der Waals surface area (Å²) in [5, 5.41) is 0. The molecule has 0 saturated carbocycles. The highest BCUT2D eigenvalue weighted by Gasteiger charge is 2.28. The summed E-state index contributed by atoms with van der Waals surface area (Å²) in [7, 11) is -0.665. The first-order valence-electron chi connectivity index (χ1n) is 8.87. The second-order valence-electron chi connectivity index (χ2n) is 7.11. The van der Waals surface area contributed by atoms with Crippen molar-refractivity contribution >= 4 is 27.3 Å². The zero-order chi connectivity index (χ0) is 19.9. The number of carbonyl (C=O) groups is 1. The van der Waals surface area contributed by atoms with Gasteiger partial charge in [-0.25, -0.2) is 12.7 Å². The minimum Gasteiger partial charge on any atom is -0.398 e. The van der Waals surface area contributed by atoms with Crippen LogP contribution in [0.25, 0.3) is 0 Å². The number of nitrogen functional groups attached to an aromatic ring is 1. The minimum atomic E-state index is -3.64. The second-order valence-corrected chi connectivity index (χ2v) is 9.23. The molecule has 2 aromatic rings. The standard InChI is InChI=1S/C20H25N3O3S/c1-13-11-15(12-19(14(13)2)27(25,26)22(3)4)20(24)23-10-6-7-16-17(21)8-5-9-18(16)23/h5,8-9,11-12H,6-7,10,21H2,1-4H3. The second kappa shape index (κ2) is 6.98. The normalized spacial score (nSPS) is 14.3. The van der Waals surface area contributed by atoms with Crippen molar-refractivity contribution in [2.45, 2.75) is 31.6 Å². The summed E-state index contributed by atoms with van der Waals surface area (Å²) in [5.74, 6) is -0.208. The summed E-state index contributed by atoms with van der Waals surface area (Å²) in [6, 6.07) is 8.81. The fourth-order valence-corrected chi connectivity index (χ4v) is 4.65. The van der Waals surface area contributed by atoms with E-state index in [1.54, 1.807) is 17.9 Å². The number of hydrogen-bond acceptors (Lipinski definition) is 4. The Morgan fingerprint density at radius 3 is 2.56 bits per heavy atom. The third-order valence-electron chi connectivity index (χ3n) is 5.16. The van der Waals surface area contributed by atoms with Crippen LogP contribution in [0, 0.1) is 13.8 Å². The maximum atomic E-state index is 13.3. The van der Waals surface area contributed by atoms with Crippen molar-refractivity contribution in [2.75, 3.05) is 31.3 Å². The predicted octanol–water partition coefficient (Wildman–Crippen LogP) is 2.73. The fraction of sp³-hybridized carbons (Fsp3) is 0.350. The predicted molar refractivity (Wildman–Crippen MR) is 108 cm³/mol. The van der Waals surface area contributed by atoms with Crippen molar-refractivity contribution in [3.63, 3.8) is 0 Å². The van der Waals surface area contributed by atoms with Crippen molar-refractivity contribution < 1.29 is 13.2 Å². The number of hydrogen-bond donors (Lipinski definition) is 1. The molecule has 0 spiro atoms. The third kappa shape index (κ3) is 3.33. The number of fused-ring (bicyclic) bond motifs is 1. The van der Waals surface area contributed by atoms with Gasteiger partial charge in [0.05, 0.1) is 4.90 Å². The molecule has 0 saturated heterocycles. The van der Waals surface area contributed by atoms with Crippen LogP contribution in [-0.4, -0.2) is 39.3 Å². The summed E-state index contributed by atoms with van der Waals surface area (Å²) in [6.07, 6.45) is 1.65. The molecule has 1 heterocycles. The average molecular weight is 388 g/mol. The Balaban J connectivity index is 2.10. The van der Waals surface area contributed by atoms with Crippen LogP contribution >= 0.6 is 0 Å². The van der Waals surface area contributed by atoms with E-state index in [0.717, 1.165) is 29.7 Å². The van der Waals surface area contributed by atoms with Gasteiger partial charge in [0.15, 0.2) is 0 Å². The molecule has 1 aliphatic rings. The number of anilines is 2. The molecule has 0 atom stereocenters. The highest BCUT2D eigenvalue weighted by Crippen LogP contribution is 2.33. The quantitative estimate of drug-likeness (QED) is 0.821. The third-order valence-corrected chi connectivity index (χ3v) is 7.10. The molecule has 144 valence electrons. The number of amides is 1. The van der Waals surface area contributed by atoms with Crippen LogP contribution in [0.2, 0.25) is 0 Å². The lowest BCUT2D eigenvalue weighted by atomic mass is 9.98. The van der Waals surface area contributed by atoms with Crippen molar-refractivity contribution in [3.8, 4) is 0 Å². The van der Waals surface area contributed by atoms with E-state index in [9.17, 15) is 13.2 Å². The number of carbonyl (C=O) groups excluding carboxylic acids is 1. The van der Waals surface area contributed by atoms with Crippen LogP contribution in [0.3, 0.4) is 0 Å². The Bertz CT molecular complexity index is 1010. The first-order valence-corrected chi connectivity index (χ1v) is 10.3. The molecule has 2 N–H and O–H groups in total. The van der Waals surface area contributed by atoms with Gasteiger partial charge in [0, 0.05) is 37.6 Å². The largest absolute Gasteiger partial charge is 0.398 e. The lowest BCUT2D eigenvalue weighted by Crippen LogP contribution is -2.36. The van der Waals surface area contributed by atoms with Crippen molar-refractivity contribution in [1.82, 2.24) is 4.31 Å². The maximum absolute atomic E-state index is 13.3. The van der Waals surface area contributed by atoms with E-state index in [0.29, 0.717) is 23.4 Å². The summed E-state index contributed by atoms with van der Waals surface area (Å²) >= 11 is 0. The summed E-state index contributed by atoms with van der Waals surface area (Å²) in [6.45, 7) is 4.16. The molecule has 1 amide bonds. The number of rotatable bonds is 3. The monoisotopic (exact) mass is 387 g/mol. The van der Waals surface area contributed by atoms with Gasteiger partial charge in [-0.1, -0.05) is 6.07 Å². The molecule has 0 aliphatic carbocycles. The molecule has 1 aliphatic heterocycles. The van der Waals surface area contributed by atoms with Crippen molar-refractivity contribution in [2.24, 2.45) is 0 Å². The van der Waals surface area contributed by atoms with Gasteiger partial charge < -0.3 is 10.6 Å². The summed E-state index contributed by atoms with van der Waals surface area (Å²) in [5.41, 5.74) is 10.3. The first kappa shape index (κ1) is 19.4. The van der Waals surface area contributed by atoms with Gasteiger partial charge in [0.25, 0.3) is 5.91 Å². The molecule has 0 aromatic heterocycles. The molecule has 0 fully saturated rings. The Hall–Kier alpha value is -2.38. The Labute approximate surface area is 160 Å². The first-order chi connectivity index (χ1) is 12.6. The zero-order valence-electron chi connectivity index (χ0n) is 16.1. The van der Waals surface area contributed by atoms with Gasteiger partial charge >= 0.3 is 0 Å². The van der Waals surface area contributed by atoms with Gasteiger partial charge in [-0.15, -0.1) is 0 Å². The van der Waals surface area contributed by atoms with E-state index in [1.165, 1.54) is 24.5 Å². The number of sulfonamides is 1. The lowest BCUT2D eigenvalue weighted by Gasteiger charge is -2.30. The Morgan fingerprint density at radius 2 is 1.89 bits per heavy atom. The molecule has 7 heteroatoms. The SMILES string of the molecule is Cc1cc(C(=O)N2CCCc3c(N)cccc32)cc(S(=O)(=O)N(C)C)c1C. The molecule has 6 nitrogen and oxygen atoms in total. The zero-order valence-corrected chi connectivity index (χ0v) is 16.9. The number of nitrogens with zero attached hydrogens (tertiary/aromatic N) is 2. The van der Waals surface area contributed by atoms with E-state index in [1.807, 2.05) is 25.1 Å². The molecular formula is C20H25N3O3S. The van der Waals surface area contributed by atoms with Crippen LogP contribution in [0.5, 0.6) is 0 Å². The molecule has 2 aromatic carbocycles. The van der Waals surface area contributed by atoms with E-state index < -0.39 is 10.0 Å². The van der Waals surface area contributed by atoms with Crippen LogP contribution < -0.4 is 10.6 Å². The van der Waals surface area contributed by atoms with Gasteiger partial charge in [0.1, 0.15) is 0 Å². The average Bonchev–Trinajstić information content (AvgIpc) is 2.63. The highest BCUT2D eigenvalue weighted by atomic mass is 32.2. The molecular weight excluding hydrogens is 362 g/mol. The molecule has 0 bridgehead atoms. The van der Waals surface area contributed by atoms with E-state index >= 15 is 0 Å². The van der Waals surface area contributed by atoms with E-state index in [2.05, 4.69) is 0 Å². The van der Waals surface area contributed by atoms with E-state index in [-0.39, 0.29) is 10.8 Å². The fourth-order valence-electron chi connectivity index (χ4n) is 3.43. The number of nitrogens with two attached hydrogens (primary N) is 1. The van der Waals surface area contributed by atoms with E-state index in [4.69, 9.17) is 5.73 Å². The van der Waals surface area contributed by atoms with Gasteiger partial charge in [0.2, 0.25) is 10.0 Å². The molecule has 27 heavy (non-hydrogen) atoms. The van der Waals surface area contributed by atoms with Gasteiger partial charge in [-0.05, 0) is 67.6 Å². The van der Waals surface area contributed by atoms with Crippen LogP contribution in [0.15, 0.2) is 35.2 Å². The molecule has 0 unspecified atom stereocenters. The molecule has 3 rings (SSSR count). The van der Waals surface area contributed by atoms with Crippen LogP contribution in [0.1, 0.15) is 33.5 Å². The smallest absolute Gasteiger partial charge is 0.258 e. The van der Waals surface area contributed by atoms with Gasteiger partial charge in [-0.2, -0.15) is 0 Å². The number of benzene rings is 2. The Kier molecular flexibility index (Phi) is 5.01. The summed E-state index contributed by atoms with van der Waals surface area (Å²) < 4.78 is 26.5.